The summed E-state index contributed by atoms with van der Waals surface area (Å²) in [5, 5.41) is 46.4. The fourth-order valence-corrected chi connectivity index (χ4v) is 7.96. The number of ketones is 1. The number of aromatic hydroxyl groups is 1. The first-order valence-electron chi connectivity index (χ1n) is 20.6. The summed E-state index contributed by atoms with van der Waals surface area (Å²) in [5.74, 6) is 4.75. The lowest BCUT2D eigenvalue weighted by atomic mass is 9.77. The molecule has 4 atom stereocenters. The summed E-state index contributed by atoms with van der Waals surface area (Å²) in [6.07, 6.45) is 12.6. The van der Waals surface area contributed by atoms with Crippen molar-refractivity contribution in [3.05, 3.63) is 119 Å². The summed E-state index contributed by atoms with van der Waals surface area (Å²) in [7, 11) is 1.61. The lowest BCUT2D eigenvalue weighted by Crippen LogP contribution is -2.25. The van der Waals surface area contributed by atoms with E-state index in [0.29, 0.717) is 62.3 Å². The van der Waals surface area contributed by atoms with E-state index >= 15 is 0 Å². The summed E-state index contributed by atoms with van der Waals surface area (Å²) in [4.78, 5) is 13.7. The normalized spacial score (nSPS) is 19.0. The lowest BCUT2D eigenvalue weighted by molar-refractivity contribution is -0.121. The molecule has 0 saturated carbocycles. The number of anilines is 1. The number of unbranched alkanes of at least 4 members (excludes halogenated alkanes) is 1. The van der Waals surface area contributed by atoms with Crippen LogP contribution in [0, 0.1) is 23.9 Å². The summed E-state index contributed by atoms with van der Waals surface area (Å²) < 4.78 is 18.1. The number of hydrogen-bond donors (Lipinski definition) is 5. The monoisotopic (exact) mass is 787 g/mol. The molecule has 3 aliphatic rings. The summed E-state index contributed by atoms with van der Waals surface area (Å²) in [6.45, 7) is 2.62. The van der Waals surface area contributed by atoms with Gasteiger partial charge in [-0.2, -0.15) is 0 Å². The number of hydrogen-bond acceptors (Lipinski definition) is 9. The first-order valence-corrected chi connectivity index (χ1v) is 20.6. The number of benzene rings is 4. The Hall–Kier alpha value is -5.43. The van der Waals surface area contributed by atoms with Gasteiger partial charge in [0, 0.05) is 43.7 Å². The van der Waals surface area contributed by atoms with Crippen LogP contribution in [-0.4, -0.2) is 58.7 Å². The third-order valence-electron chi connectivity index (χ3n) is 11.1. The topological polar surface area (TPSA) is 138 Å². The highest BCUT2D eigenvalue weighted by molar-refractivity contribution is 5.88. The molecule has 4 aromatic rings. The van der Waals surface area contributed by atoms with Gasteiger partial charge in [0.05, 0.1) is 13.2 Å². The zero-order valence-electron chi connectivity index (χ0n) is 33.7. The molecule has 0 saturated heterocycles. The van der Waals surface area contributed by atoms with Gasteiger partial charge >= 0.3 is 0 Å². The van der Waals surface area contributed by atoms with Gasteiger partial charge in [-0.1, -0.05) is 54.8 Å². The first kappa shape index (κ1) is 42.2. The van der Waals surface area contributed by atoms with Gasteiger partial charge < -0.3 is 40.0 Å². The Labute approximate surface area is 342 Å². The summed E-state index contributed by atoms with van der Waals surface area (Å²) in [6, 6.07) is 23.6. The molecule has 5 N–H and O–H groups in total. The van der Waals surface area contributed by atoms with E-state index in [4.69, 9.17) is 14.2 Å². The zero-order chi connectivity index (χ0) is 40.9. The Morgan fingerprint density at radius 3 is 2.62 bits per heavy atom. The van der Waals surface area contributed by atoms with E-state index in [2.05, 4.69) is 35.6 Å². The van der Waals surface area contributed by atoms with Gasteiger partial charge in [-0.3, -0.25) is 4.79 Å². The number of rotatable bonds is 14. The van der Waals surface area contributed by atoms with Gasteiger partial charge in [-0.05, 0) is 139 Å². The molecule has 2 heterocycles. The fraction of sp³-hybridized carbons (Fsp3) is 0.408. The van der Waals surface area contributed by atoms with Crippen molar-refractivity contribution in [1.29, 1.82) is 0 Å². The third kappa shape index (κ3) is 11.8. The summed E-state index contributed by atoms with van der Waals surface area (Å²) >= 11 is 0. The van der Waals surface area contributed by atoms with E-state index in [9.17, 15) is 25.2 Å². The minimum absolute atomic E-state index is 0.0446. The van der Waals surface area contributed by atoms with Crippen LogP contribution in [0.25, 0.3) is 10.8 Å². The van der Waals surface area contributed by atoms with Gasteiger partial charge in [0.25, 0.3) is 0 Å². The van der Waals surface area contributed by atoms with E-state index in [-0.39, 0.29) is 48.6 Å². The van der Waals surface area contributed by atoms with Gasteiger partial charge in [-0.25, -0.2) is 0 Å². The molecule has 0 unspecified atom stereocenters. The predicted molar refractivity (Wildman–Crippen MR) is 228 cm³/mol. The van der Waals surface area contributed by atoms with Gasteiger partial charge in [0.1, 0.15) is 36.1 Å². The Morgan fingerprint density at radius 1 is 0.931 bits per heavy atom. The number of Topliss-reactive ketones (excluding diaryl/α,β-unsaturated/α-hetero) is 1. The molecule has 4 aromatic carbocycles. The maximum atomic E-state index is 13.7. The molecular weight excluding hydrogens is 731 g/mol. The van der Waals surface area contributed by atoms with Crippen LogP contribution in [0.2, 0.25) is 0 Å². The zero-order valence-corrected chi connectivity index (χ0v) is 33.7. The average molecular weight is 788 g/mol. The van der Waals surface area contributed by atoms with Gasteiger partial charge in [-0.15, -0.1) is 0 Å². The van der Waals surface area contributed by atoms with Crippen molar-refractivity contribution in [1.82, 2.24) is 0 Å². The van der Waals surface area contributed by atoms with E-state index < -0.39 is 12.2 Å². The second-order valence-electron chi connectivity index (χ2n) is 15.6. The minimum Gasteiger partial charge on any atom is -0.508 e. The van der Waals surface area contributed by atoms with Gasteiger partial charge in [0.2, 0.25) is 0 Å². The highest BCUT2D eigenvalue weighted by Crippen LogP contribution is 2.37. The van der Waals surface area contributed by atoms with Crippen molar-refractivity contribution in [2.75, 3.05) is 25.6 Å². The van der Waals surface area contributed by atoms with Crippen molar-refractivity contribution in [3.63, 3.8) is 0 Å². The molecule has 9 nitrogen and oxygen atoms in total. The number of fused-ring (bicyclic) bond motifs is 9. The van der Waals surface area contributed by atoms with E-state index in [0.717, 1.165) is 58.8 Å². The first-order chi connectivity index (χ1) is 28.2. The number of allylic oxidation sites excluding steroid dienone is 3. The Morgan fingerprint density at radius 2 is 1.79 bits per heavy atom. The fourth-order valence-electron chi connectivity index (χ4n) is 7.96. The average Bonchev–Trinajstić information content (AvgIpc) is 3.22. The van der Waals surface area contributed by atoms with Crippen LogP contribution in [0.1, 0.15) is 80.5 Å². The Kier molecular flexibility index (Phi) is 15.1. The molecule has 9 heteroatoms. The van der Waals surface area contributed by atoms with E-state index in [1.54, 1.807) is 20.1 Å². The molecule has 2 aliphatic heterocycles. The predicted octanol–water partition coefficient (Wildman–Crippen LogP) is 8.91. The number of aliphatic hydroxyl groups excluding tert-OH is 3. The quantitative estimate of drug-likeness (QED) is 0.0627. The largest absolute Gasteiger partial charge is 0.508 e. The van der Waals surface area contributed by atoms with Crippen molar-refractivity contribution in [3.8, 4) is 29.3 Å². The molecule has 0 radical (unpaired) electrons. The highest BCUT2D eigenvalue weighted by Gasteiger charge is 2.29. The van der Waals surface area contributed by atoms with Crippen molar-refractivity contribution in [2.45, 2.75) is 96.4 Å². The minimum atomic E-state index is -0.527. The number of methoxy groups -OCH3 is 1. The molecule has 0 fully saturated rings. The van der Waals surface area contributed by atoms with E-state index in [1.807, 2.05) is 60.7 Å². The molecule has 6 bridgehead atoms. The number of aryl methyl sites for hydroxylation is 2. The third-order valence-corrected chi connectivity index (χ3v) is 11.1. The van der Waals surface area contributed by atoms with Crippen LogP contribution in [0.4, 0.5) is 5.69 Å². The number of carbonyl (C=O) groups is 1. The number of carbonyl (C=O) groups excluding carboxylic acids is 1. The van der Waals surface area contributed by atoms with Crippen LogP contribution < -0.4 is 14.8 Å². The van der Waals surface area contributed by atoms with Crippen molar-refractivity contribution in [2.24, 2.45) is 11.8 Å². The van der Waals surface area contributed by atoms with E-state index in [1.165, 1.54) is 5.56 Å². The highest BCUT2D eigenvalue weighted by atomic mass is 16.5. The van der Waals surface area contributed by atoms with Crippen LogP contribution in [0.15, 0.2) is 96.3 Å². The summed E-state index contributed by atoms with van der Waals surface area (Å²) in [5.41, 5.74) is 5.68. The molecule has 306 valence electrons. The Balaban J connectivity index is 1.21. The SMILES string of the molecule is COc1ccc2cc1OCc1ccc3c(c(O)ccc3c1)CC#CO[C@@H](C[C@H]1C=C(O)C(CCCO)=C[C@@H]1CCCCc1cccc(NC[C@H](C)O)c1)CC(=O)CC2. The number of ether oxygens (including phenoxy) is 3. The van der Waals surface area contributed by atoms with Crippen LogP contribution in [0.5, 0.6) is 17.2 Å². The number of phenols is 1. The number of aliphatic hydroxyl groups is 3. The van der Waals surface area contributed by atoms with Gasteiger partial charge in [0.15, 0.2) is 11.5 Å². The molecule has 7 rings (SSSR count). The molecule has 1 aliphatic carbocycles. The number of phenolic OH excluding ortho intramolecular Hbond substituents is 1. The van der Waals surface area contributed by atoms with Crippen LogP contribution in [0.3, 0.4) is 0 Å². The second-order valence-corrected chi connectivity index (χ2v) is 15.6. The van der Waals surface area contributed by atoms with Crippen LogP contribution >= 0.6 is 0 Å². The standard InChI is InChI=1S/C49H57NO8/c1-33(52)31-50-41-12-5-9-34(25-41)8-3-4-10-37-27-39(11-6-22-51)47(55)29-40(37)28-43-30-42(53)18-14-35-16-21-48(56-2)49(26-35)58-32-36-15-19-44-38(24-36)17-20-46(54)45(44)13-7-23-57-43/h5,9,12,15-17,19-21,24-27,29,33,37,40,43,50-52,54-55H,3-4,6,8,10-11,13-14,18,22,28,30-32H2,1-2H3/t33-,37-,40-,43-/m0/s1. The molecule has 0 amide bonds. The molecule has 0 aromatic heterocycles. The van der Waals surface area contributed by atoms with Crippen LogP contribution in [-0.2, 0) is 35.4 Å². The lowest BCUT2D eigenvalue weighted by Gasteiger charge is -2.30. The maximum absolute atomic E-state index is 13.7. The molecule has 58 heavy (non-hydrogen) atoms. The second kappa shape index (κ2) is 20.8. The Bertz CT molecular complexity index is 2140. The van der Waals surface area contributed by atoms with Crippen molar-refractivity contribution >= 4 is 22.2 Å². The van der Waals surface area contributed by atoms with Crippen molar-refractivity contribution < 1.29 is 39.4 Å². The molecule has 0 spiro atoms. The maximum Gasteiger partial charge on any atom is 0.161 e. The smallest absolute Gasteiger partial charge is 0.161 e. The number of nitrogens with one attached hydrogen (secondary N) is 1. The molecular formula is C49H57NO8.